The van der Waals surface area contributed by atoms with Crippen LogP contribution in [-0.2, 0) is 6.18 Å². The number of rotatable bonds is 0. The highest BCUT2D eigenvalue weighted by Crippen LogP contribution is 2.36. The van der Waals surface area contributed by atoms with Crippen LogP contribution in [0.15, 0.2) is 6.07 Å². The number of nitrogens with two attached hydrogens (primary N) is 1. The van der Waals surface area contributed by atoms with Crippen molar-refractivity contribution < 1.29 is 13.2 Å². The van der Waals surface area contributed by atoms with Gasteiger partial charge in [-0.3, -0.25) is 0 Å². The molecule has 2 N–H and O–H groups in total. The molecule has 1 rings (SSSR count). The number of pyridine rings is 1. The zero-order chi connectivity index (χ0) is 12.2. The van der Waals surface area contributed by atoms with Crippen molar-refractivity contribution in [3.63, 3.8) is 0 Å². The lowest BCUT2D eigenvalue weighted by Gasteiger charge is -2.11. The van der Waals surface area contributed by atoms with Crippen LogP contribution in [0.2, 0.25) is 5.02 Å². The fraction of sp³-hybridized carbons (Fsp3) is 0.444. The number of nitrogens with zero attached hydrogens (tertiary/aromatic N) is 1. The van der Waals surface area contributed by atoms with Gasteiger partial charge in [0, 0.05) is 0 Å². The fourth-order valence-electron chi connectivity index (χ4n) is 0.997. The van der Waals surface area contributed by atoms with E-state index in [1.807, 2.05) is 13.8 Å². The first-order chi connectivity index (χ1) is 6.82. The number of aryl methyl sites for hydroxylation is 1. The largest absolute Gasteiger partial charge is 0.419 e. The van der Waals surface area contributed by atoms with Crippen molar-refractivity contribution in [2.45, 2.75) is 26.9 Å². The van der Waals surface area contributed by atoms with Gasteiger partial charge >= 0.3 is 6.18 Å². The molecular weight excluding hydrogens is 229 g/mol. The molecule has 0 amide bonds. The molecule has 15 heavy (non-hydrogen) atoms. The average molecular weight is 241 g/mol. The van der Waals surface area contributed by atoms with Gasteiger partial charge in [0.1, 0.15) is 5.82 Å². The Kier molecular flexibility index (Phi) is 4.87. The summed E-state index contributed by atoms with van der Waals surface area (Å²) in [5, 5.41) is -0.419. The molecule has 86 valence electrons. The molecule has 0 atom stereocenters. The van der Waals surface area contributed by atoms with Gasteiger partial charge in [-0.2, -0.15) is 13.2 Å². The maximum Gasteiger partial charge on any atom is 0.419 e. The van der Waals surface area contributed by atoms with Crippen LogP contribution >= 0.6 is 11.6 Å². The molecule has 0 radical (unpaired) electrons. The summed E-state index contributed by atoms with van der Waals surface area (Å²) in [6, 6.07) is 0.984. The number of hydrogen-bond donors (Lipinski definition) is 1. The molecule has 1 aromatic heterocycles. The first kappa shape index (κ1) is 14.0. The van der Waals surface area contributed by atoms with E-state index in [1.165, 1.54) is 6.92 Å². The minimum atomic E-state index is -4.48. The Hall–Kier alpha value is -0.970. The smallest absolute Gasteiger partial charge is 0.384 e. The van der Waals surface area contributed by atoms with Crippen LogP contribution in [0.4, 0.5) is 19.0 Å². The SMILES string of the molecule is CC.Cc1nc(N)cc(Cl)c1C(F)(F)F. The molecule has 0 unspecified atom stereocenters. The third-order valence-corrected chi connectivity index (χ3v) is 1.75. The van der Waals surface area contributed by atoms with Crippen molar-refractivity contribution in [3.05, 3.63) is 22.3 Å². The molecule has 0 aromatic carbocycles. The second-order valence-corrected chi connectivity index (χ2v) is 2.89. The monoisotopic (exact) mass is 240 g/mol. The van der Waals surface area contributed by atoms with Crippen molar-refractivity contribution in [1.29, 1.82) is 0 Å². The van der Waals surface area contributed by atoms with E-state index in [2.05, 4.69) is 4.98 Å². The molecule has 1 aromatic rings. The normalized spacial score (nSPS) is 10.6. The molecule has 0 fully saturated rings. The standard InChI is InChI=1S/C7H6ClF3N2.C2H6/c1-3-6(7(9,10)11)4(8)2-5(12)13-3;1-2/h2H,1H3,(H2,12,13);1-2H3. The van der Waals surface area contributed by atoms with Crippen LogP contribution in [0, 0.1) is 6.92 Å². The molecule has 0 aliphatic rings. The van der Waals surface area contributed by atoms with Gasteiger partial charge in [0.25, 0.3) is 0 Å². The molecule has 6 heteroatoms. The quantitative estimate of drug-likeness (QED) is 0.751. The summed E-state index contributed by atoms with van der Waals surface area (Å²) in [6.07, 6.45) is -4.48. The molecule has 2 nitrogen and oxygen atoms in total. The van der Waals surface area contributed by atoms with E-state index in [-0.39, 0.29) is 11.5 Å². The highest BCUT2D eigenvalue weighted by Gasteiger charge is 2.35. The number of aromatic nitrogens is 1. The predicted octanol–water partition coefficient (Wildman–Crippen LogP) is 3.67. The lowest BCUT2D eigenvalue weighted by molar-refractivity contribution is -0.138. The molecule has 0 aliphatic carbocycles. The topological polar surface area (TPSA) is 38.9 Å². The van der Waals surface area contributed by atoms with Gasteiger partial charge in [0.05, 0.1) is 16.3 Å². The lowest BCUT2D eigenvalue weighted by Crippen LogP contribution is -2.10. The summed E-state index contributed by atoms with van der Waals surface area (Å²) in [5.74, 6) is -0.0181. The van der Waals surface area contributed by atoms with E-state index in [0.717, 1.165) is 6.07 Å². The first-order valence-electron chi connectivity index (χ1n) is 4.32. The number of hydrogen-bond acceptors (Lipinski definition) is 2. The van der Waals surface area contributed by atoms with Crippen molar-refractivity contribution in [2.75, 3.05) is 5.73 Å². The van der Waals surface area contributed by atoms with Crippen LogP contribution in [0.1, 0.15) is 25.1 Å². The zero-order valence-electron chi connectivity index (χ0n) is 8.61. The Morgan fingerprint density at radius 2 is 1.80 bits per heavy atom. The molecule has 0 aliphatic heterocycles. The minimum Gasteiger partial charge on any atom is -0.384 e. The van der Waals surface area contributed by atoms with Crippen LogP contribution in [0.3, 0.4) is 0 Å². The average Bonchev–Trinajstić information content (AvgIpc) is 2.02. The summed E-state index contributed by atoms with van der Waals surface area (Å²) in [5.41, 5.74) is 4.07. The molecule has 0 saturated heterocycles. The fourth-order valence-corrected chi connectivity index (χ4v) is 1.35. The molecule has 0 bridgehead atoms. The second-order valence-electron chi connectivity index (χ2n) is 2.49. The second kappa shape index (κ2) is 5.21. The van der Waals surface area contributed by atoms with E-state index in [9.17, 15) is 13.2 Å². The Balaban J connectivity index is 0.000000921. The third-order valence-electron chi connectivity index (χ3n) is 1.46. The summed E-state index contributed by atoms with van der Waals surface area (Å²) >= 11 is 5.38. The molecule has 1 heterocycles. The number of anilines is 1. The van der Waals surface area contributed by atoms with Crippen LogP contribution in [0.5, 0.6) is 0 Å². The Bertz CT molecular complexity index is 314. The predicted molar refractivity (Wildman–Crippen MR) is 54.7 cm³/mol. The first-order valence-corrected chi connectivity index (χ1v) is 4.70. The van der Waals surface area contributed by atoms with Gasteiger partial charge in [0.15, 0.2) is 0 Å². The Labute approximate surface area is 91.3 Å². The summed E-state index contributed by atoms with van der Waals surface area (Å²) in [6.45, 7) is 5.21. The Morgan fingerprint density at radius 3 is 2.13 bits per heavy atom. The molecule has 0 saturated carbocycles. The van der Waals surface area contributed by atoms with Crippen molar-refractivity contribution in [3.8, 4) is 0 Å². The van der Waals surface area contributed by atoms with Crippen molar-refractivity contribution in [2.24, 2.45) is 0 Å². The lowest BCUT2D eigenvalue weighted by atomic mass is 10.2. The third kappa shape index (κ3) is 3.58. The minimum absolute atomic E-state index is 0.0181. The van der Waals surface area contributed by atoms with Gasteiger partial charge in [-0.1, -0.05) is 25.4 Å². The van der Waals surface area contributed by atoms with Gasteiger partial charge in [-0.05, 0) is 13.0 Å². The van der Waals surface area contributed by atoms with E-state index in [4.69, 9.17) is 17.3 Å². The summed E-state index contributed by atoms with van der Waals surface area (Å²) in [4.78, 5) is 3.47. The summed E-state index contributed by atoms with van der Waals surface area (Å²) in [7, 11) is 0. The van der Waals surface area contributed by atoms with E-state index >= 15 is 0 Å². The van der Waals surface area contributed by atoms with Crippen molar-refractivity contribution >= 4 is 17.4 Å². The van der Waals surface area contributed by atoms with E-state index in [0.29, 0.717) is 0 Å². The maximum absolute atomic E-state index is 12.3. The number of alkyl halides is 3. The Morgan fingerprint density at radius 1 is 1.33 bits per heavy atom. The van der Waals surface area contributed by atoms with Gasteiger partial charge < -0.3 is 5.73 Å². The maximum atomic E-state index is 12.3. The zero-order valence-corrected chi connectivity index (χ0v) is 9.37. The van der Waals surface area contributed by atoms with Gasteiger partial charge in [0.2, 0.25) is 0 Å². The van der Waals surface area contributed by atoms with E-state index < -0.39 is 16.8 Å². The van der Waals surface area contributed by atoms with Crippen LogP contribution in [-0.4, -0.2) is 4.98 Å². The highest BCUT2D eigenvalue weighted by atomic mass is 35.5. The number of halogens is 4. The molecular formula is C9H12ClF3N2. The number of nitrogen functional groups attached to an aromatic ring is 1. The van der Waals surface area contributed by atoms with Crippen LogP contribution < -0.4 is 5.73 Å². The van der Waals surface area contributed by atoms with Crippen molar-refractivity contribution in [1.82, 2.24) is 4.98 Å². The highest BCUT2D eigenvalue weighted by molar-refractivity contribution is 6.31. The van der Waals surface area contributed by atoms with Gasteiger partial charge in [-0.25, -0.2) is 4.98 Å². The summed E-state index contributed by atoms with van der Waals surface area (Å²) < 4.78 is 36.8. The molecule has 0 spiro atoms. The van der Waals surface area contributed by atoms with Gasteiger partial charge in [-0.15, -0.1) is 0 Å². The van der Waals surface area contributed by atoms with Crippen LogP contribution in [0.25, 0.3) is 0 Å². The van der Waals surface area contributed by atoms with E-state index in [1.54, 1.807) is 0 Å².